The predicted octanol–water partition coefficient (Wildman–Crippen LogP) is 3.49. The third-order valence-electron chi connectivity index (χ3n) is 2.67. The number of carbonyl (C=O) groups excluding carboxylic acids is 1. The normalized spacial score (nSPS) is 11.2. The van der Waals surface area contributed by atoms with Gasteiger partial charge in [0.25, 0.3) is 0 Å². The van der Waals surface area contributed by atoms with E-state index in [9.17, 15) is 4.79 Å². The smallest absolute Gasteiger partial charge is 0.159 e. The molecule has 1 aromatic heterocycles. The van der Waals surface area contributed by atoms with Gasteiger partial charge in [0.1, 0.15) is 0 Å². The van der Waals surface area contributed by atoms with E-state index in [0.29, 0.717) is 5.92 Å². The van der Waals surface area contributed by atoms with E-state index in [4.69, 9.17) is 0 Å². The second-order valence-corrected chi connectivity index (χ2v) is 4.24. The molecule has 0 spiro atoms. The maximum Gasteiger partial charge on any atom is 0.159 e. The highest BCUT2D eigenvalue weighted by molar-refractivity contribution is 5.98. The molecule has 0 aliphatic carbocycles. The quantitative estimate of drug-likeness (QED) is 0.741. The van der Waals surface area contributed by atoms with E-state index in [1.54, 1.807) is 6.92 Å². The molecule has 78 valence electrons. The fraction of sp³-hybridized carbons (Fsp3) is 0.308. The number of Topliss-reactive ketones (excluding diaryl/α,β-unsaturated/α-hetero) is 1. The zero-order valence-electron chi connectivity index (χ0n) is 9.29. The minimum Gasteiger partial charge on any atom is -0.358 e. The lowest BCUT2D eigenvalue weighted by Crippen LogP contribution is -1.89. The van der Waals surface area contributed by atoms with Gasteiger partial charge in [0.2, 0.25) is 0 Å². The average molecular weight is 201 g/mol. The molecule has 0 unspecified atom stereocenters. The molecule has 0 saturated carbocycles. The topological polar surface area (TPSA) is 32.9 Å². The number of benzene rings is 1. The maximum atomic E-state index is 11.2. The second-order valence-electron chi connectivity index (χ2n) is 4.24. The lowest BCUT2D eigenvalue weighted by Gasteiger charge is -1.97. The zero-order valence-corrected chi connectivity index (χ0v) is 9.29. The average Bonchev–Trinajstić information content (AvgIpc) is 2.59. The van der Waals surface area contributed by atoms with E-state index in [2.05, 4.69) is 24.9 Å². The number of nitrogens with one attached hydrogen (secondary N) is 1. The summed E-state index contributed by atoms with van der Waals surface area (Å²) in [6.45, 7) is 5.89. The molecule has 2 aromatic rings. The van der Waals surface area contributed by atoms with Gasteiger partial charge in [0, 0.05) is 22.2 Å². The third-order valence-corrected chi connectivity index (χ3v) is 2.67. The van der Waals surface area contributed by atoms with Crippen LogP contribution < -0.4 is 0 Å². The van der Waals surface area contributed by atoms with Gasteiger partial charge in [0.15, 0.2) is 5.78 Å². The van der Waals surface area contributed by atoms with Gasteiger partial charge in [-0.15, -0.1) is 0 Å². The molecule has 0 aliphatic rings. The first-order valence-corrected chi connectivity index (χ1v) is 5.21. The van der Waals surface area contributed by atoms with Crippen molar-refractivity contribution in [3.63, 3.8) is 0 Å². The van der Waals surface area contributed by atoms with E-state index in [0.717, 1.165) is 16.5 Å². The molecule has 2 rings (SSSR count). The molecule has 1 aromatic carbocycles. The van der Waals surface area contributed by atoms with Crippen LogP contribution in [0.15, 0.2) is 24.3 Å². The van der Waals surface area contributed by atoms with Crippen LogP contribution >= 0.6 is 0 Å². The minimum absolute atomic E-state index is 0.115. The molecular weight excluding hydrogens is 186 g/mol. The van der Waals surface area contributed by atoms with Crippen LogP contribution in [-0.2, 0) is 0 Å². The first kappa shape index (κ1) is 9.97. The first-order valence-electron chi connectivity index (χ1n) is 5.21. The number of carbonyl (C=O) groups is 1. The molecule has 0 bridgehead atoms. The Morgan fingerprint density at radius 2 is 2.00 bits per heavy atom. The molecule has 0 fully saturated rings. The summed E-state index contributed by atoms with van der Waals surface area (Å²) in [4.78, 5) is 14.6. The van der Waals surface area contributed by atoms with Crippen molar-refractivity contribution in [2.45, 2.75) is 26.7 Å². The van der Waals surface area contributed by atoms with Crippen LogP contribution in [0.5, 0.6) is 0 Å². The monoisotopic (exact) mass is 201 g/mol. The zero-order chi connectivity index (χ0) is 11.0. The minimum atomic E-state index is 0.115. The van der Waals surface area contributed by atoms with Gasteiger partial charge >= 0.3 is 0 Å². The Hall–Kier alpha value is -1.57. The van der Waals surface area contributed by atoms with Crippen molar-refractivity contribution in [1.82, 2.24) is 4.98 Å². The molecule has 15 heavy (non-hydrogen) atoms. The Balaban J connectivity index is 2.57. The van der Waals surface area contributed by atoms with Crippen LogP contribution in [0.2, 0.25) is 0 Å². The van der Waals surface area contributed by atoms with Crippen LogP contribution in [0.3, 0.4) is 0 Å². The Morgan fingerprint density at radius 3 is 2.60 bits per heavy atom. The van der Waals surface area contributed by atoms with E-state index in [1.807, 2.05) is 18.2 Å². The predicted molar refractivity (Wildman–Crippen MR) is 62.4 cm³/mol. The van der Waals surface area contributed by atoms with Gasteiger partial charge in [-0.3, -0.25) is 4.79 Å². The lowest BCUT2D eigenvalue weighted by atomic mass is 10.1. The van der Waals surface area contributed by atoms with Crippen LogP contribution in [0, 0.1) is 0 Å². The van der Waals surface area contributed by atoms with Crippen molar-refractivity contribution >= 4 is 16.7 Å². The molecule has 2 heteroatoms. The summed E-state index contributed by atoms with van der Waals surface area (Å²) in [5.41, 5.74) is 3.09. The van der Waals surface area contributed by atoms with Crippen molar-refractivity contribution in [1.29, 1.82) is 0 Å². The fourth-order valence-electron chi connectivity index (χ4n) is 1.69. The number of ketones is 1. The van der Waals surface area contributed by atoms with Crippen molar-refractivity contribution in [3.8, 4) is 0 Å². The molecule has 0 amide bonds. The van der Waals surface area contributed by atoms with Crippen LogP contribution in [0.4, 0.5) is 0 Å². The summed E-state index contributed by atoms with van der Waals surface area (Å²) in [5, 5.41) is 1.12. The summed E-state index contributed by atoms with van der Waals surface area (Å²) in [5.74, 6) is 0.599. The third kappa shape index (κ3) is 1.80. The largest absolute Gasteiger partial charge is 0.358 e. The molecule has 0 aliphatic heterocycles. The van der Waals surface area contributed by atoms with Gasteiger partial charge in [-0.05, 0) is 37.1 Å². The molecule has 0 radical (unpaired) electrons. The van der Waals surface area contributed by atoms with Crippen molar-refractivity contribution < 1.29 is 4.79 Å². The Labute approximate surface area is 89.3 Å². The molecule has 1 N–H and O–H groups in total. The maximum absolute atomic E-state index is 11.2. The molecule has 2 nitrogen and oxygen atoms in total. The lowest BCUT2D eigenvalue weighted by molar-refractivity contribution is 0.101. The van der Waals surface area contributed by atoms with Gasteiger partial charge < -0.3 is 4.98 Å². The Kier molecular flexibility index (Phi) is 2.35. The van der Waals surface area contributed by atoms with Gasteiger partial charge in [-0.1, -0.05) is 13.8 Å². The molecular formula is C13H15NO. The van der Waals surface area contributed by atoms with Crippen molar-refractivity contribution in [2.75, 3.05) is 0 Å². The van der Waals surface area contributed by atoms with Crippen LogP contribution in [0.1, 0.15) is 42.7 Å². The second kappa shape index (κ2) is 3.54. The highest BCUT2D eigenvalue weighted by atomic mass is 16.1. The van der Waals surface area contributed by atoms with Gasteiger partial charge in [0.05, 0.1) is 0 Å². The number of aromatic nitrogens is 1. The number of hydrogen-bond acceptors (Lipinski definition) is 1. The van der Waals surface area contributed by atoms with E-state index in [1.165, 1.54) is 5.69 Å². The van der Waals surface area contributed by atoms with Gasteiger partial charge in [-0.2, -0.15) is 0 Å². The van der Waals surface area contributed by atoms with Crippen LogP contribution in [-0.4, -0.2) is 10.8 Å². The number of fused-ring (bicyclic) bond motifs is 1. The standard InChI is InChI=1S/C13H15NO/c1-8(2)13-7-11-6-10(9(3)15)4-5-12(11)14-13/h4-8,14H,1-3H3. The van der Waals surface area contributed by atoms with Crippen molar-refractivity contribution in [3.05, 3.63) is 35.5 Å². The summed E-state index contributed by atoms with van der Waals surface area (Å²) in [6, 6.07) is 7.90. The number of H-pyrrole nitrogens is 1. The SMILES string of the molecule is CC(=O)c1ccc2[nH]c(C(C)C)cc2c1. The molecule has 0 atom stereocenters. The number of hydrogen-bond donors (Lipinski definition) is 1. The highest BCUT2D eigenvalue weighted by Gasteiger charge is 2.06. The number of rotatable bonds is 2. The van der Waals surface area contributed by atoms with E-state index in [-0.39, 0.29) is 5.78 Å². The summed E-state index contributed by atoms with van der Waals surface area (Å²) < 4.78 is 0. The summed E-state index contributed by atoms with van der Waals surface area (Å²) in [7, 11) is 0. The highest BCUT2D eigenvalue weighted by Crippen LogP contribution is 2.22. The summed E-state index contributed by atoms with van der Waals surface area (Å²) in [6.07, 6.45) is 0. The summed E-state index contributed by atoms with van der Waals surface area (Å²) >= 11 is 0. The number of aromatic amines is 1. The fourth-order valence-corrected chi connectivity index (χ4v) is 1.69. The Morgan fingerprint density at radius 1 is 1.27 bits per heavy atom. The Bertz CT molecular complexity index is 508. The molecule has 1 heterocycles. The van der Waals surface area contributed by atoms with Crippen molar-refractivity contribution in [2.24, 2.45) is 0 Å². The first-order chi connectivity index (χ1) is 7.08. The van der Waals surface area contributed by atoms with E-state index >= 15 is 0 Å². The van der Waals surface area contributed by atoms with E-state index < -0.39 is 0 Å². The van der Waals surface area contributed by atoms with Gasteiger partial charge in [-0.25, -0.2) is 0 Å². The molecule has 0 saturated heterocycles. The van der Waals surface area contributed by atoms with Crippen LogP contribution in [0.25, 0.3) is 10.9 Å².